The molecule has 7 heteroatoms. The highest BCUT2D eigenvalue weighted by atomic mass is 16.6. The van der Waals surface area contributed by atoms with E-state index in [0.717, 1.165) is 0 Å². The molecule has 1 aromatic rings. The van der Waals surface area contributed by atoms with E-state index in [2.05, 4.69) is 5.32 Å². The molecule has 1 saturated heterocycles. The molecule has 1 fully saturated rings. The first kappa shape index (κ1) is 14.3. The van der Waals surface area contributed by atoms with Crippen LogP contribution < -0.4 is 10.2 Å². The van der Waals surface area contributed by atoms with Crippen LogP contribution in [0.15, 0.2) is 18.2 Å². The molecule has 0 spiro atoms. The Labute approximate surface area is 116 Å². The van der Waals surface area contributed by atoms with Crippen LogP contribution >= 0.6 is 0 Å². The van der Waals surface area contributed by atoms with Crippen LogP contribution in [0.5, 0.6) is 0 Å². The van der Waals surface area contributed by atoms with Gasteiger partial charge in [-0.3, -0.25) is 14.9 Å². The summed E-state index contributed by atoms with van der Waals surface area (Å²) in [6.07, 6.45) is 0.537. The molecule has 1 heterocycles. The summed E-state index contributed by atoms with van der Waals surface area (Å²) in [7, 11) is 0. The summed E-state index contributed by atoms with van der Waals surface area (Å²) in [4.78, 5) is 23.1. The number of hydrogen-bond acceptors (Lipinski definition) is 5. The van der Waals surface area contributed by atoms with Gasteiger partial charge in [0.05, 0.1) is 17.1 Å². The average Bonchev–Trinajstić information content (AvgIpc) is 2.37. The molecule has 108 valence electrons. The van der Waals surface area contributed by atoms with Gasteiger partial charge in [0.15, 0.2) is 0 Å². The van der Waals surface area contributed by atoms with Gasteiger partial charge in [0.25, 0.3) is 5.69 Å². The zero-order valence-corrected chi connectivity index (χ0v) is 11.4. The van der Waals surface area contributed by atoms with Gasteiger partial charge in [-0.2, -0.15) is 0 Å². The summed E-state index contributed by atoms with van der Waals surface area (Å²) < 4.78 is 5.63. The molecule has 0 bridgehead atoms. The lowest BCUT2D eigenvalue weighted by atomic mass is 10.1. The number of benzene rings is 1. The van der Waals surface area contributed by atoms with Crippen LogP contribution in [0.2, 0.25) is 0 Å². The van der Waals surface area contributed by atoms with E-state index in [1.165, 1.54) is 6.07 Å². The number of carbonyl (C=O) groups excluding carboxylic acids is 1. The Morgan fingerprint density at radius 3 is 2.60 bits per heavy atom. The Bertz CT molecular complexity index is 510. The number of nitrogens with zero attached hydrogens (tertiary/aromatic N) is 2. The maximum absolute atomic E-state index is 11.2. The van der Waals surface area contributed by atoms with E-state index >= 15 is 0 Å². The van der Waals surface area contributed by atoms with Crippen molar-refractivity contribution in [1.82, 2.24) is 0 Å². The number of nitrogens with one attached hydrogen (secondary N) is 1. The van der Waals surface area contributed by atoms with Crippen molar-refractivity contribution in [2.75, 3.05) is 23.3 Å². The van der Waals surface area contributed by atoms with Gasteiger partial charge in [0.1, 0.15) is 5.69 Å². The first-order valence-electron chi connectivity index (χ1n) is 6.40. The number of hydrogen-bond donors (Lipinski definition) is 1. The van der Waals surface area contributed by atoms with E-state index in [1.807, 2.05) is 18.7 Å². The Balaban J connectivity index is 2.34. The number of nitro benzene ring substituents is 1. The predicted molar refractivity (Wildman–Crippen MR) is 75.0 cm³/mol. The first-order chi connectivity index (χ1) is 9.51. The normalized spacial score (nSPS) is 22.4. The van der Waals surface area contributed by atoms with Crippen molar-refractivity contribution in [3.05, 3.63) is 28.3 Å². The SMILES string of the molecule is CC1CN(c2ccc(NC=O)cc2[N+](=O)[O-])CC(C)O1. The van der Waals surface area contributed by atoms with Gasteiger partial charge in [-0.15, -0.1) is 0 Å². The van der Waals surface area contributed by atoms with Crippen LogP contribution in [0.1, 0.15) is 13.8 Å². The fourth-order valence-electron chi connectivity index (χ4n) is 2.47. The maximum atomic E-state index is 11.2. The van der Waals surface area contributed by atoms with E-state index in [9.17, 15) is 14.9 Å². The second kappa shape index (κ2) is 5.87. The molecule has 1 N–H and O–H groups in total. The van der Waals surface area contributed by atoms with Gasteiger partial charge in [-0.1, -0.05) is 0 Å². The third kappa shape index (κ3) is 3.05. The summed E-state index contributed by atoms with van der Waals surface area (Å²) in [5.41, 5.74) is 0.941. The zero-order chi connectivity index (χ0) is 14.7. The van der Waals surface area contributed by atoms with Crippen molar-refractivity contribution < 1.29 is 14.5 Å². The fraction of sp³-hybridized carbons (Fsp3) is 0.462. The lowest BCUT2D eigenvalue weighted by molar-refractivity contribution is -0.384. The van der Waals surface area contributed by atoms with Crippen LogP contribution in [0.3, 0.4) is 0 Å². The molecule has 0 radical (unpaired) electrons. The van der Waals surface area contributed by atoms with Crippen LogP contribution in [0.4, 0.5) is 17.1 Å². The summed E-state index contributed by atoms with van der Waals surface area (Å²) in [6, 6.07) is 4.69. The zero-order valence-electron chi connectivity index (χ0n) is 11.4. The number of rotatable bonds is 4. The molecule has 0 aromatic heterocycles. The van der Waals surface area contributed by atoms with Crippen LogP contribution in [-0.2, 0) is 9.53 Å². The fourth-order valence-corrected chi connectivity index (χ4v) is 2.47. The molecule has 0 aliphatic carbocycles. The Morgan fingerprint density at radius 1 is 1.40 bits per heavy atom. The van der Waals surface area contributed by atoms with Gasteiger partial charge in [-0.05, 0) is 26.0 Å². The Kier molecular flexibility index (Phi) is 4.19. The lowest BCUT2D eigenvalue weighted by Crippen LogP contribution is -2.45. The molecule has 2 unspecified atom stereocenters. The number of morpholine rings is 1. The molecule has 20 heavy (non-hydrogen) atoms. The Hall–Kier alpha value is -2.15. The third-order valence-electron chi connectivity index (χ3n) is 3.16. The number of carbonyl (C=O) groups is 1. The second-order valence-electron chi connectivity index (χ2n) is 4.89. The number of nitro groups is 1. The van der Waals surface area contributed by atoms with Crippen LogP contribution in [-0.4, -0.2) is 36.6 Å². The molecule has 1 aromatic carbocycles. The van der Waals surface area contributed by atoms with Crippen molar-refractivity contribution in [2.45, 2.75) is 26.1 Å². The van der Waals surface area contributed by atoms with E-state index in [4.69, 9.17) is 4.74 Å². The van der Waals surface area contributed by atoms with Crippen LogP contribution in [0.25, 0.3) is 0 Å². The van der Waals surface area contributed by atoms with Gasteiger partial charge < -0.3 is 15.0 Å². The summed E-state index contributed by atoms with van der Waals surface area (Å²) in [6.45, 7) is 5.09. The molecule has 2 atom stereocenters. The van der Waals surface area contributed by atoms with Crippen molar-refractivity contribution in [3.63, 3.8) is 0 Å². The molecule has 0 saturated carbocycles. The van der Waals surface area contributed by atoms with Crippen molar-refractivity contribution in [2.24, 2.45) is 0 Å². The minimum Gasteiger partial charge on any atom is -0.372 e. The molecule has 2 rings (SSSR count). The molecule has 7 nitrogen and oxygen atoms in total. The van der Waals surface area contributed by atoms with Gasteiger partial charge in [0.2, 0.25) is 6.41 Å². The van der Waals surface area contributed by atoms with Gasteiger partial charge in [0, 0.05) is 24.8 Å². The van der Waals surface area contributed by atoms with Crippen molar-refractivity contribution in [3.8, 4) is 0 Å². The van der Waals surface area contributed by atoms with Gasteiger partial charge in [-0.25, -0.2) is 0 Å². The molecule has 1 aliphatic rings. The average molecular weight is 279 g/mol. The van der Waals surface area contributed by atoms with E-state index in [1.54, 1.807) is 12.1 Å². The highest BCUT2D eigenvalue weighted by Crippen LogP contribution is 2.32. The van der Waals surface area contributed by atoms with Crippen molar-refractivity contribution >= 4 is 23.5 Å². The topological polar surface area (TPSA) is 84.7 Å². The molecule has 1 aliphatic heterocycles. The van der Waals surface area contributed by atoms with Crippen LogP contribution in [0, 0.1) is 10.1 Å². The number of anilines is 2. The second-order valence-corrected chi connectivity index (χ2v) is 4.89. The molecular weight excluding hydrogens is 262 g/mol. The van der Waals surface area contributed by atoms with Crippen molar-refractivity contribution in [1.29, 1.82) is 0 Å². The van der Waals surface area contributed by atoms with E-state index in [-0.39, 0.29) is 17.9 Å². The predicted octanol–water partition coefficient (Wildman–Crippen LogP) is 1.78. The minimum atomic E-state index is -0.434. The maximum Gasteiger partial charge on any atom is 0.294 e. The molecule has 1 amide bonds. The Morgan fingerprint density at radius 2 is 2.05 bits per heavy atom. The highest BCUT2D eigenvalue weighted by molar-refractivity contribution is 5.76. The van der Waals surface area contributed by atoms with E-state index < -0.39 is 4.92 Å². The lowest BCUT2D eigenvalue weighted by Gasteiger charge is -2.36. The number of amides is 1. The largest absolute Gasteiger partial charge is 0.372 e. The summed E-state index contributed by atoms with van der Waals surface area (Å²) >= 11 is 0. The quantitative estimate of drug-likeness (QED) is 0.516. The molecular formula is C13H17N3O4. The number of ether oxygens (including phenoxy) is 1. The minimum absolute atomic E-state index is 0.0156. The monoisotopic (exact) mass is 279 g/mol. The smallest absolute Gasteiger partial charge is 0.294 e. The third-order valence-corrected chi connectivity index (χ3v) is 3.16. The summed E-state index contributed by atoms with van der Waals surface area (Å²) in [5.74, 6) is 0. The van der Waals surface area contributed by atoms with E-state index in [0.29, 0.717) is 30.9 Å². The first-order valence-corrected chi connectivity index (χ1v) is 6.40. The highest BCUT2D eigenvalue weighted by Gasteiger charge is 2.27. The standard InChI is InChI=1S/C13H17N3O4/c1-9-6-15(7-10(2)20-9)12-4-3-11(14-8-17)5-13(12)16(18)19/h3-5,8-10H,6-7H2,1-2H3,(H,14,17). The van der Waals surface area contributed by atoms with Gasteiger partial charge >= 0.3 is 0 Å². The summed E-state index contributed by atoms with van der Waals surface area (Å²) in [5, 5.41) is 13.6.